The van der Waals surface area contributed by atoms with Crippen LogP contribution in [-0.2, 0) is 6.54 Å². The van der Waals surface area contributed by atoms with Crippen molar-refractivity contribution in [1.82, 2.24) is 14.3 Å². The first kappa shape index (κ1) is 19.2. The van der Waals surface area contributed by atoms with Gasteiger partial charge in [-0.05, 0) is 47.9 Å². The highest BCUT2D eigenvalue weighted by molar-refractivity contribution is 5.79. The maximum absolute atomic E-state index is 14.3. The summed E-state index contributed by atoms with van der Waals surface area (Å²) < 4.78 is 29.7. The molecule has 0 atom stereocenters. The van der Waals surface area contributed by atoms with Gasteiger partial charge in [0.25, 0.3) is 5.56 Å². The summed E-state index contributed by atoms with van der Waals surface area (Å²) in [6, 6.07) is 13.6. The van der Waals surface area contributed by atoms with Gasteiger partial charge in [-0.15, -0.1) is 0 Å². The van der Waals surface area contributed by atoms with Gasteiger partial charge in [0.2, 0.25) is 0 Å². The van der Waals surface area contributed by atoms with Crippen molar-refractivity contribution < 1.29 is 8.78 Å². The smallest absolute Gasteiger partial charge is 0.275 e. The molecule has 7 heteroatoms. The fraction of sp³-hybridized carbons (Fsp3) is 0.167. The fourth-order valence-corrected chi connectivity index (χ4v) is 4.20. The van der Waals surface area contributed by atoms with Crippen LogP contribution in [0.2, 0.25) is 0 Å². The van der Waals surface area contributed by atoms with E-state index in [1.54, 1.807) is 22.7 Å². The van der Waals surface area contributed by atoms with Crippen LogP contribution in [0, 0.1) is 23.0 Å². The number of benzene rings is 2. The van der Waals surface area contributed by atoms with E-state index < -0.39 is 11.4 Å². The molecule has 1 aliphatic rings. The van der Waals surface area contributed by atoms with Gasteiger partial charge >= 0.3 is 0 Å². The lowest BCUT2D eigenvalue weighted by Crippen LogP contribution is -2.28. The number of aromatic amines is 1. The third-order valence-corrected chi connectivity index (χ3v) is 5.76. The van der Waals surface area contributed by atoms with Gasteiger partial charge in [-0.25, -0.2) is 8.78 Å². The number of aromatic nitrogens is 2. The van der Waals surface area contributed by atoms with Crippen molar-refractivity contribution in [2.24, 2.45) is 0 Å². The molecule has 0 saturated heterocycles. The number of fused-ring (bicyclic) bond motifs is 3. The molecule has 5 nitrogen and oxygen atoms in total. The van der Waals surface area contributed by atoms with Gasteiger partial charge < -0.3 is 9.38 Å². The molecule has 1 N–H and O–H groups in total. The minimum Gasteiger partial charge on any atom is -0.319 e. The van der Waals surface area contributed by atoms with E-state index in [9.17, 15) is 13.6 Å². The van der Waals surface area contributed by atoms with E-state index in [2.05, 4.69) is 9.88 Å². The topological polar surface area (TPSA) is 64.3 Å². The summed E-state index contributed by atoms with van der Waals surface area (Å²) in [7, 11) is 0. The first-order valence-corrected chi connectivity index (χ1v) is 9.96. The van der Waals surface area contributed by atoms with Crippen molar-refractivity contribution >= 4 is 22.1 Å². The molecule has 0 saturated carbocycles. The molecule has 0 radical (unpaired) electrons. The summed E-state index contributed by atoms with van der Waals surface area (Å²) in [6.45, 7) is 2.11. The number of H-pyrrole nitrogens is 1. The molecular weight excluding hydrogens is 398 g/mol. The first-order chi connectivity index (χ1) is 15.0. The van der Waals surface area contributed by atoms with Crippen molar-refractivity contribution in [2.45, 2.75) is 13.0 Å². The number of rotatable bonds is 3. The second-order valence-corrected chi connectivity index (χ2v) is 7.71. The zero-order valence-corrected chi connectivity index (χ0v) is 16.5. The van der Waals surface area contributed by atoms with Gasteiger partial charge in [0.1, 0.15) is 11.3 Å². The van der Waals surface area contributed by atoms with Crippen LogP contribution in [0.1, 0.15) is 23.1 Å². The van der Waals surface area contributed by atoms with E-state index in [0.717, 1.165) is 23.2 Å². The van der Waals surface area contributed by atoms with Crippen LogP contribution < -0.4 is 5.56 Å². The molecule has 154 valence electrons. The summed E-state index contributed by atoms with van der Waals surface area (Å²) in [5.41, 5.74) is 3.78. The summed E-state index contributed by atoms with van der Waals surface area (Å²) in [6.07, 6.45) is 4.28. The maximum Gasteiger partial charge on any atom is 0.275 e. The lowest BCUT2D eigenvalue weighted by Gasteiger charge is -2.26. The van der Waals surface area contributed by atoms with E-state index in [-0.39, 0.29) is 11.3 Å². The third kappa shape index (κ3) is 3.41. The molecule has 0 spiro atoms. The first-order valence-electron chi connectivity index (χ1n) is 9.96. The minimum absolute atomic E-state index is 0.0176. The van der Waals surface area contributed by atoms with Crippen LogP contribution in [0.25, 0.3) is 22.1 Å². The van der Waals surface area contributed by atoms with Gasteiger partial charge in [0, 0.05) is 31.4 Å². The molecule has 0 fully saturated rings. The summed E-state index contributed by atoms with van der Waals surface area (Å²) >= 11 is 0. The number of hydrogen-bond donors (Lipinski definition) is 1. The average Bonchev–Trinajstić information content (AvgIpc) is 3.16. The number of nitriles is 1. The highest BCUT2D eigenvalue weighted by Gasteiger charge is 2.17. The number of hydrogen-bond acceptors (Lipinski definition) is 3. The molecule has 2 aromatic heterocycles. The lowest BCUT2D eigenvalue weighted by atomic mass is 9.97. The zero-order valence-electron chi connectivity index (χ0n) is 16.5. The summed E-state index contributed by atoms with van der Waals surface area (Å²) in [5, 5.41) is 8.90. The Morgan fingerprint density at radius 1 is 1.10 bits per heavy atom. The quantitative estimate of drug-likeness (QED) is 0.544. The third-order valence-electron chi connectivity index (χ3n) is 5.76. The predicted octanol–water partition coefficient (Wildman–Crippen LogP) is 4.22. The van der Waals surface area contributed by atoms with Gasteiger partial charge in [0.15, 0.2) is 5.82 Å². The van der Waals surface area contributed by atoms with Gasteiger partial charge in [-0.3, -0.25) is 9.69 Å². The molecule has 0 aliphatic carbocycles. The largest absolute Gasteiger partial charge is 0.319 e. The standard InChI is InChI=1S/C24H18F2N4O/c25-19-7-10-30-22-4-2-16(12-21(22)28-24(31)23(19)30)14-29-8-5-17(6-9-29)18-3-1-15(13-27)11-20(18)26/h1-5,7,10-12H,6,8-9,14H2,(H,28,31). The minimum atomic E-state index is -0.540. The second kappa shape index (κ2) is 7.49. The van der Waals surface area contributed by atoms with Crippen LogP contribution in [0.5, 0.6) is 0 Å². The van der Waals surface area contributed by atoms with E-state index in [1.165, 1.54) is 12.1 Å². The lowest BCUT2D eigenvalue weighted by molar-refractivity contribution is 0.294. The Labute approximate surface area is 176 Å². The summed E-state index contributed by atoms with van der Waals surface area (Å²) in [5.74, 6) is -0.910. The van der Waals surface area contributed by atoms with Crippen molar-refractivity contribution in [2.75, 3.05) is 13.1 Å². The number of nitrogens with one attached hydrogen (secondary N) is 1. The Morgan fingerprint density at radius 2 is 1.97 bits per heavy atom. The van der Waals surface area contributed by atoms with Crippen molar-refractivity contribution in [1.29, 1.82) is 5.26 Å². The van der Waals surface area contributed by atoms with Crippen LogP contribution in [0.4, 0.5) is 8.78 Å². The van der Waals surface area contributed by atoms with E-state index in [4.69, 9.17) is 5.26 Å². The monoisotopic (exact) mass is 416 g/mol. The molecule has 4 aromatic rings. The Hall–Kier alpha value is -3.76. The number of halogens is 2. The Morgan fingerprint density at radius 3 is 2.71 bits per heavy atom. The van der Waals surface area contributed by atoms with E-state index in [1.807, 2.05) is 30.3 Å². The Balaban J connectivity index is 1.37. The molecule has 0 amide bonds. The van der Waals surface area contributed by atoms with E-state index in [0.29, 0.717) is 36.2 Å². The van der Waals surface area contributed by atoms with Gasteiger partial charge in [-0.1, -0.05) is 18.2 Å². The van der Waals surface area contributed by atoms with Crippen molar-refractivity contribution in [3.05, 3.63) is 93.4 Å². The van der Waals surface area contributed by atoms with Crippen LogP contribution in [0.15, 0.2) is 59.5 Å². The average molecular weight is 416 g/mol. The molecule has 1 aliphatic heterocycles. The molecular formula is C24H18F2N4O. The Kier molecular flexibility index (Phi) is 4.64. The maximum atomic E-state index is 14.3. The normalized spacial score (nSPS) is 14.7. The molecule has 0 unspecified atom stereocenters. The van der Waals surface area contributed by atoms with Gasteiger partial charge in [0.05, 0.1) is 22.7 Å². The summed E-state index contributed by atoms with van der Waals surface area (Å²) in [4.78, 5) is 17.2. The van der Waals surface area contributed by atoms with Crippen LogP contribution in [0.3, 0.4) is 0 Å². The highest BCUT2D eigenvalue weighted by atomic mass is 19.1. The number of nitrogens with zero attached hydrogens (tertiary/aromatic N) is 3. The molecule has 2 aromatic carbocycles. The molecule has 3 heterocycles. The fourth-order valence-electron chi connectivity index (χ4n) is 4.20. The Bertz CT molecular complexity index is 1460. The predicted molar refractivity (Wildman–Crippen MR) is 114 cm³/mol. The molecule has 31 heavy (non-hydrogen) atoms. The SMILES string of the molecule is N#Cc1ccc(C2=CCN(Cc3ccc4c(c3)[nH]c(=O)c3c(F)ccn34)CC2)c(F)c1. The van der Waals surface area contributed by atoms with E-state index >= 15 is 0 Å². The molecule has 5 rings (SSSR count). The molecule has 0 bridgehead atoms. The van der Waals surface area contributed by atoms with Crippen molar-refractivity contribution in [3.63, 3.8) is 0 Å². The second-order valence-electron chi connectivity index (χ2n) is 7.71. The highest BCUT2D eigenvalue weighted by Crippen LogP contribution is 2.26. The van der Waals surface area contributed by atoms with Gasteiger partial charge in [-0.2, -0.15) is 5.26 Å². The van der Waals surface area contributed by atoms with Crippen molar-refractivity contribution in [3.8, 4) is 6.07 Å². The van der Waals surface area contributed by atoms with Crippen LogP contribution in [-0.4, -0.2) is 27.4 Å². The zero-order chi connectivity index (χ0) is 21.5. The van der Waals surface area contributed by atoms with Crippen LogP contribution >= 0.6 is 0 Å².